The molecule has 0 amide bonds. The van der Waals surface area contributed by atoms with E-state index in [0.29, 0.717) is 11.3 Å². The lowest BCUT2D eigenvalue weighted by Crippen LogP contribution is -2.24. The van der Waals surface area contributed by atoms with Crippen molar-refractivity contribution < 1.29 is 9.84 Å². The summed E-state index contributed by atoms with van der Waals surface area (Å²) in [6.45, 7) is 1.79. The zero-order chi connectivity index (χ0) is 14.0. The molecule has 102 valence electrons. The quantitative estimate of drug-likeness (QED) is 0.870. The van der Waals surface area contributed by atoms with Crippen molar-refractivity contribution in [2.45, 2.75) is 13.0 Å². The lowest BCUT2D eigenvalue weighted by molar-refractivity contribution is 0.125. The number of aliphatic hydroxyl groups is 1. The summed E-state index contributed by atoms with van der Waals surface area (Å²) in [6.07, 6.45) is -0.746. The van der Waals surface area contributed by atoms with Gasteiger partial charge in [0, 0.05) is 12.4 Å². The number of para-hydroxylation sites is 1. The third-order valence-electron chi connectivity index (χ3n) is 3.07. The fraction of sp³-hybridized carbons (Fsp3) is 0.357. The summed E-state index contributed by atoms with van der Waals surface area (Å²) in [4.78, 5) is 12.1. The largest absolute Gasteiger partial charge is 0.490 e. The Hall–Kier alpha value is -1.52. The summed E-state index contributed by atoms with van der Waals surface area (Å²) < 4.78 is 7.18. The molecular weight excluding hydrogens is 266 g/mol. The third-order valence-corrected chi connectivity index (χ3v) is 3.43. The van der Waals surface area contributed by atoms with E-state index in [4.69, 9.17) is 16.3 Å². The van der Waals surface area contributed by atoms with Crippen molar-refractivity contribution in [3.63, 3.8) is 0 Å². The highest BCUT2D eigenvalue weighted by molar-refractivity contribution is 6.18. The molecule has 4 nitrogen and oxygen atoms in total. The Morgan fingerprint density at radius 1 is 1.42 bits per heavy atom. The number of benzene rings is 1. The second-order valence-corrected chi connectivity index (χ2v) is 4.76. The van der Waals surface area contributed by atoms with Crippen molar-refractivity contribution >= 4 is 22.5 Å². The van der Waals surface area contributed by atoms with Crippen molar-refractivity contribution in [3.05, 3.63) is 40.2 Å². The van der Waals surface area contributed by atoms with E-state index in [1.54, 1.807) is 18.5 Å². The fourth-order valence-corrected chi connectivity index (χ4v) is 2.12. The Balaban J connectivity index is 2.56. The maximum absolute atomic E-state index is 12.1. The van der Waals surface area contributed by atoms with Gasteiger partial charge in [-0.2, -0.15) is 0 Å². The summed E-state index contributed by atoms with van der Waals surface area (Å²) in [6, 6.07) is 7.51. The lowest BCUT2D eigenvalue weighted by atomic mass is 10.1. The molecular formula is C14H16ClNO3. The third kappa shape index (κ3) is 2.60. The molecule has 0 spiro atoms. The molecule has 0 fully saturated rings. The molecule has 0 radical (unpaired) electrons. The lowest BCUT2D eigenvalue weighted by Gasteiger charge is -2.16. The highest BCUT2D eigenvalue weighted by Crippen LogP contribution is 2.26. The van der Waals surface area contributed by atoms with Crippen LogP contribution in [0.15, 0.2) is 29.1 Å². The van der Waals surface area contributed by atoms with E-state index in [1.165, 1.54) is 0 Å². The molecule has 1 atom stereocenters. The van der Waals surface area contributed by atoms with Crippen LogP contribution in [0.3, 0.4) is 0 Å². The Morgan fingerprint density at radius 2 is 2.11 bits per heavy atom. The van der Waals surface area contributed by atoms with Crippen molar-refractivity contribution in [2.24, 2.45) is 7.05 Å². The first-order valence-electron chi connectivity index (χ1n) is 6.01. The van der Waals surface area contributed by atoms with Gasteiger partial charge in [0.25, 0.3) is 5.56 Å². The first kappa shape index (κ1) is 13.9. The van der Waals surface area contributed by atoms with Crippen molar-refractivity contribution in [2.75, 3.05) is 12.5 Å². The molecule has 5 heteroatoms. The first-order chi connectivity index (χ1) is 9.06. The second-order valence-electron chi connectivity index (χ2n) is 4.45. The second kappa shape index (κ2) is 5.63. The molecule has 1 N–H and O–H groups in total. The number of nitrogens with zero attached hydrogens (tertiary/aromatic N) is 1. The van der Waals surface area contributed by atoms with Gasteiger partial charge in [0.2, 0.25) is 0 Å². The van der Waals surface area contributed by atoms with Crippen LogP contribution < -0.4 is 10.3 Å². The monoisotopic (exact) mass is 281 g/mol. The van der Waals surface area contributed by atoms with E-state index in [2.05, 4.69) is 0 Å². The van der Waals surface area contributed by atoms with Gasteiger partial charge in [-0.1, -0.05) is 12.1 Å². The van der Waals surface area contributed by atoms with Gasteiger partial charge in [-0.05, 0) is 19.1 Å². The Bertz CT molecular complexity index is 651. The molecule has 2 aromatic rings. The van der Waals surface area contributed by atoms with E-state index >= 15 is 0 Å². The Morgan fingerprint density at radius 3 is 2.79 bits per heavy atom. The molecule has 0 aliphatic rings. The van der Waals surface area contributed by atoms with Crippen molar-refractivity contribution in [3.8, 4) is 5.75 Å². The highest BCUT2D eigenvalue weighted by atomic mass is 35.5. The maximum atomic E-state index is 12.1. The van der Waals surface area contributed by atoms with Crippen LogP contribution in [0.25, 0.3) is 10.9 Å². The van der Waals surface area contributed by atoms with Crippen LogP contribution >= 0.6 is 11.6 Å². The molecule has 0 saturated carbocycles. The molecule has 1 aromatic carbocycles. The highest BCUT2D eigenvalue weighted by Gasteiger charge is 2.14. The summed E-state index contributed by atoms with van der Waals surface area (Å²) in [5.74, 6) is 0.616. The fourth-order valence-electron chi connectivity index (χ4n) is 2.03. The first-order valence-corrected chi connectivity index (χ1v) is 6.55. The number of ether oxygens (including phenoxy) is 1. The topological polar surface area (TPSA) is 51.5 Å². The number of halogens is 1. The van der Waals surface area contributed by atoms with Gasteiger partial charge in [0.1, 0.15) is 18.5 Å². The number of hydrogen-bond acceptors (Lipinski definition) is 3. The molecule has 0 aliphatic heterocycles. The number of hydrogen-bond donors (Lipinski definition) is 1. The van der Waals surface area contributed by atoms with Gasteiger partial charge >= 0.3 is 0 Å². The molecule has 19 heavy (non-hydrogen) atoms. The summed E-state index contributed by atoms with van der Waals surface area (Å²) in [5, 5.41) is 10.3. The summed E-state index contributed by atoms with van der Waals surface area (Å²) in [5.41, 5.74) is 1.23. The number of fused-ring (bicyclic) bond motifs is 1. The maximum Gasteiger partial charge on any atom is 0.257 e. The standard InChI is InChI=1S/C14H16ClNO3/c1-9-13(19-8-10(17)7-15)11-5-3-4-6-12(11)16(2)14(9)18/h3-6,10,17H,7-8H2,1-2H3. The minimum Gasteiger partial charge on any atom is -0.490 e. The molecule has 0 saturated heterocycles. The van der Waals surface area contributed by atoms with E-state index in [0.717, 1.165) is 10.9 Å². The van der Waals surface area contributed by atoms with Crippen LogP contribution in [-0.4, -0.2) is 28.3 Å². The Labute approximate surface area is 116 Å². The van der Waals surface area contributed by atoms with Gasteiger partial charge < -0.3 is 14.4 Å². The average Bonchev–Trinajstić information content (AvgIpc) is 2.44. The summed E-state index contributed by atoms with van der Waals surface area (Å²) in [7, 11) is 1.73. The minimum atomic E-state index is -0.746. The zero-order valence-corrected chi connectivity index (χ0v) is 11.6. The van der Waals surface area contributed by atoms with Crippen LogP contribution in [-0.2, 0) is 7.05 Å². The van der Waals surface area contributed by atoms with Crippen LogP contribution in [0.5, 0.6) is 5.75 Å². The zero-order valence-electron chi connectivity index (χ0n) is 10.9. The van der Waals surface area contributed by atoms with Crippen LogP contribution in [0.1, 0.15) is 5.56 Å². The number of pyridine rings is 1. The van der Waals surface area contributed by atoms with Crippen LogP contribution in [0, 0.1) is 6.92 Å². The molecule has 1 unspecified atom stereocenters. The molecule has 0 aliphatic carbocycles. The van der Waals surface area contributed by atoms with Gasteiger partial charge in [-0.15, -0.1) is 11.6 Å². The van der Waals surface area contributed by atoms with Crippen molar-refractivity contribution in [1.29, 1.82) is 0 Å². The predicted octanol–water partition coefficient (Wildman–Crippen LogP) is 1.83. The number of aromatic nitrogens is 1. The number of alkyl halides is 1. The minimum absolute atomic E-state index is 0.0709. The molecule has 0 bridgehead atoms. The Kier molecular flexibility index (Phi) is 4.12. The van der Waals surface area contributed by atoms with E-state index < -0.39 is 6.10 Å². The summed E-state index contributed by atoms with van der Waals surface area (Å²) >= 11 is 5.54. The smallest absolute Gasteiger partial charge is 0.257 e. The van der Waals surface area contributed by atoms with Crippen molar-refractivity contribution in [1.82, 2.24) is 4.57 Å². The molecule has 2 rings (SSSR count). The van der Waals surface area contributed by atoms with E-state index in [1.807, 2.05) is 24.3 Å². The average molecular weight is 282 g/mol. The number of aryl methyl sites for hydroxylation is 1. The van der Waals surface area contributed by atoms with Gasteiger partial charge in [0.05, 0.1) is 17.0 Å². The van der Waals surface area contributed by atoms with Crippen LogP contribution in [0.2, 0.25) is 0 Å². The van der Waals surface area contributed by atoms with E-state index in [-0.39, 0.29) is 18.0 Å². The van der Waals surface area contributed by atoms with Gasteiger partial charge in [-0.25, -0.2) is 0 Å². The van der Waals surface area contributed by atoms with E-state index in [9.17, 15) is 9.90 Å². The number of rotatable bonds is 4. The van der Waals surface area contributed by atoms with Crippen LogP contribution in [0.4, 0.5) is 0 Å². The van der Waals surface area contributed by atoms with Gasteiger partial charge in [-0.3, -0.25) is 4.79 Å². The molecule has 1 heterocycles. The predicted molar refractivity (Wildman–Crippen MR) is 76.1 cm³/mol. The molecule has 1 aromatic heterocycles. The number of aliphatic hydroxyl groups excluding tert-OH is 1. The van der Waals surface area contributed by atoms with Gasteiger partial charge in [0.15, 0.2) is 0 Å². The SMILES string of the molecule is Cc1c(OCC(O)CCl)c2ccccc2n(C)c1=O. The normalized spacial score (nSPS) is 12.6.